The Morgan fingerprint density at radius 1 is 1.14 bits per heavy atom. The fourth-order valence-electron chi connectivity index (χ4n) is 2.53. The molecule has 0 unspecified atom stereocenters. The summed E-state index contributed by atoms with van der Waals surface area (Å²) >= 11 is 11.9. The smallest absolute Gasteiger partial charge is 0.260 e. The number of hydrogen-bond acceptors (Lipinski definition) is 2. The van der Waals surface area contributed by atoms with Gasteiger partial charge in [0.1, 0.15) is 5.75 Å². The highest BCUT2D eigenvalue weighted by Gasteiger charge is 2.20. The second kappa shape index (κ2) is 6.59. The topological polar surface area (TPSA) is 29.5 Å². The maximum atomic E-state index is 12.3. The molecule has 5 heteroatoms. The first-order chi connectivity index (χ1) is 10.6. The molecule has 1 aliphatic rings. The number of benzene rings is 2. The number of carbonyl (C=O) groups is 1. The molecule has 0 atom stereocenters. The number of fused-ring (bicyclic) bond motifs is 1. The zero-order valence-electron chi connectivity index (χ0n) is 11.9. The quantitative estimate of drug-likeness (QED) is 0.849. The third-order valence-corrected chi connectivity index (χ3v) is 4.28. The summed E-state index contributed by atoms with van der Waals surface area (Å²) in [6, 6.07) is 13.1. The van der Waals surface area contributed by atoms with Crippen molar-refractivity contribution in [2.75, 3.05) is 13.2 Å². The van der Waals surface area contributed by atoms with Gasteiger partial charge in [0.25, 0.3) is 5.91 Å². The van der Waals surface area contributed by atoms with Crippen molar-refractivity contribution in [3.05, 3.63) is 63.6 Å². The Morgan fingerprint density at radius 3 is 2.73 bits per heavy atom. The Balaban J connectivity index is 1.62. The summed E-state index contributed by atoms with van der Waals surface area (Å²) in [5, 5.41) is 0.972. The lowest BCUT2D eigenvalue weighted by Gasteiger charge is -2.28. The minimum Gasteiger partial charge on any atom is -0.482 e. The van der Waals surface area contributed by atoms with Gasteiger partial charge in [-0.15, -0.1) is 0 Å². The molecule has 0 radical (unpaired) electrons. The van der Waals surface area contributed by atoms with Crippen molar-refractivity contribution < 1.29 is 9.53 Å². The van der Waals surface area contributed by atoms with Gasteiger partial charge in [0, 0.05) is 24.2 Å². The van der Waals surface area contributed by atoms with Crippen LogP contribution >= 0.6 is 23.2 Å². The molecular formula is C17H15Cl2NO2. The molecule has 0 spiro atoms. The first-order valence-corrected chi connectivity index (χ1v) is 7.81. The molecule has 1 heterocycles. The van der Waals surface area contributed by atoms with Gasteiger partial charge in [-0.25, -0.2) is 0 Å². The summed E-state index contributed by atoms with van der Waals surface area (Å²) in [7, 11) is 0. The van der Waals surface area contributed by atoms with Crippen LogP contribution in [0, 0.1) is 0 Å². The summed E-state index contributed by atoms with van der Waals surface area (Å²) in [6.07, 6.45) is 0.875. The zero-order valence-corrected chi connectivity index (χ0v) is 13.4. The SMILES string of the molecule is O=C(COc1cc(Cl)ccc1Cl)N1CCc2ccccc2C1. The van der Waals surface area contributed by atoms with Gasteiger partial charge < -0.3 is 9.64 Å². The number of hydrogen-bond donors (Lipinski definition) is 0. The number of halogens is 2. The predicted octanol–water partition coefficient (Wildman–Crippen LogP) is 3.96. The monoisotopic (exact) mass is 335 g/mol. The third-order valence-electron chi connectivity index (χ3n) is 3.73. The molecule has 1 aliphatic heterocycles. The first kappa shape index (κ1) is 15.2. The normalized spacial score (nSPS) is 13.6. The second-order valence-corrected chi connectivity index (χ2v) is 6.04. The van der Waals surface area contributed by atoms with Crippen LogP contribution in [0.4, 0.5) is 0 Å². The molecule has 0 saturated carbocycles. The van der Waals surface area contributed by atoms with Crippen LogP contribution in [0.25, 0.3) is 0 Å². The molecule has 3 rings (SSSR count). The predicted molar refractivity (Wildman–Crippen MR) is 87.5 cm³/mol. The fourth-order valence-corrected chi connectivity index (χ4v) is 2.86. The Kier molecular flexibility index (Phi) is 4.55. The summed E-state index contributed by atoms with van der Waals surface area (Å²) in [5.74, 6) is 0.380. The minimum atomic E-state index is -0.0504. The highest BCUT2D eigenvalue weighted by Crippen LogP contribution is 2.27. The third kappa shape index (κ3) is 3.37. The number of ether oxygens (including phenoxy) is 1. The van der Waals surface area contributed by atoms with E-state index in [1.54, 1.807) is 23.1 Å². The second-order valence-electron chi connectivity index (χ2n) is 5.20. The van der Waals surface area contributed by atoms with Crippen LogP contribution in [-0.4, -0.2) is 24.0 Å². The van der Waals surface area contributed by atoms with Crippen LogP contribution in [-0.2, 0) is 17.8 Å². The van der Waals surface area contributed by atoms with Crippen LogP contribution in [0.15, 0.2) is 42.5 Å². The molecule has 0 aliphatic carbocycles. The summed E-state index contributed by atoms with van der Waals surface area (Å²) in [6.45, 7) is 1.30. The fraction of sp³-hybridized carbons (Fsp3) is 0.235. The van der Waals surface area contributed by atoms with E-state index in [0.717, 1.165) is 6.42 Å². The van der Waals surface area contributed by atoms with E-state index in [4.69, 9.17) is 27.9 Å². The molecule has 2 aromatic rings. The van der Waals surface area contributed by atoms with E-state index in [0.29, 0.717) is 28.9 Å². The van der Waals surface area contributed by atoms with Crippen LogP contribution in [0.1, 0.15) is 11.1 Å². The van der Waals surface area contributed by atoms with Crippen LogP contribution < -0.4 is 4.74 Å². The summed E-state index contributed by atoms with van der Waals surface area (Å²) in [5.41, 5.74) is 2.51. The molecule has 0 fully saturated rings. The van der Waals surface area contributed by atoms with Gasteiger partial charge in [-0.1, -0.05) is 47.5 Å². The summed E-state index contributed by atoms with van der Waals surface area (Å²) in [4.78, 5) is 14.1. The van der Waals surface area contributed by atoms with Crippen LogP contribution in [0.5, 0.6) is 5.75 Å². The first-order valence-electron chi connectivity index (χ1n) is 7.06. The Morgan fingerprint density at radius 2 is 1.91 bits per heavy atom. The van der Waals surface area contributed by atoms with Gasteiger partial charge in [-0.05, 0) is 29.7 Å². The number of amides is 1. The standard InChI is InChI=1S/C17H15Cl2NO2/c18-14-5-6-15(19)16(9-14)22-11-17(21)20-8-7-12-3-1-2-4-13(12)10-20/h1-6,9H,7-8,10-11H2. The van der Waals surface area contributed by atoms with Gasteiger partial charge in [0.15, 0.2) is 6.61 Å². The maximum absolute atomic E-state index is 12.3. The van der Waals surface area contributed by atoms with Crippen molar-refractivity contribution in [3.8, 4) is 5.75 Å². The van der Waals surface area contributed by atoms with Crippen LogP contribution in [0.3, 0.4) is 0 Å². The van der Waals surface area contributed by atoms with Crippen molar-refractivity contribution in [1.82, 2.24) is 4.90 Å². The molecule has 0 bridgehead atoms. The average Bonchev–Trinajstić information content (AvgIpc) is 2.55. The lowest BCUT2D eigenvalue weighted by molar-refractivity contribution is -0.134. The lowest BCUT2D eigenvalue weighted by atomic mass is 10.00. The van der Waals surface area contributed by atoms with Crippen molar-refractivity contribution in [2.45, 2.75) is 13.0 Å². The Hall–Kier alpha value is -1.71. The number of nitrogens with zero attached hydrogens (tertiary/aromatic N) is 1. The van der Waals surface area contributed by atoms with Gasteiger partial charge >= 0.3 is 0 Å². The molecular weight excluding hydrogens is 321 g/mol. The van der Waals surface area contributed by atoms with E-state index in [1.165, 1.54) is 11.1 Å². The van der Waals surface area contributed by atoms with Crippen LogP contribution in [0.2, 0.25) is 10.0 Å². The van der Waals surface area contributed by atoms with E-state index in [2.05, 4.69) is 12.1 Å². The highest BCUT2D eigenvalue weighted by atomic mass is 35.5. The summed E-state index contributed by atoms with van der Waals surface area (Å²) < 4.78 is 5.51. The molecule has 114 valence electrons. The molecule has 1 amide bonds. The van der Waals surface area contributed by atoms with E-state index < -0.39 is 0 Å². The van der Waals surface area contributed by atoms with Crippen molar-refractivity contribution >= 4 is 29.1 Å². The Bertz CT molecular complexity index is 703. The van der Waals surface area contributed by atoms with E-state index >= 15 is 0 Å². The van der Waals surface area contributed by atoms with Crippen molar-refractivity contribution in [3.63, 3.8) is 0 Å². The Labute approximate surface area is 139 Å². The van der Waals surface area contributed by atoms with Gasteiger partial charge in [0.2, 0.25) is 0 Å². The van der Waals surface area contributed by atoms with E-state index in [-0.39, 0.29) is 12.5 Å². The molecule has 3 nitrogen and oxygen atoms in total. The molecule has 0 aromatic heterocycles. The highest BCUT2D eigenvalue weighted by molar-refractivity contribution is 6.34. The van der Waals surface area contributed by atoms with E-state index in [9.17, 15) is 4.79 Å². The number of rotatable bonds is 3. The maximum Gasteiger partial charge on any atom is 0.260 e. The molecule has 0 saturated heterocycles. The van der Waals surface area contributed by atoms with Crippen molar-refractivity contribution in [1.29, 1.82) is 0 Å². The average molecular weight is 336 g/mol. The zero-order chi connectivity index (χ0) is 15.5. The van der Waals surface area contributed by atoms with Gasteiger partial charge in [0.05, 0.1) is 5.02 Å². The van der Waals surface area contributed by atoms with Crippen molar-refractivity contribution in [2.24, 2.45) is 0 Å². The molecule has 2 aromatic carbocycles. The largest absolute Gasteiger partial charge is 0.482 e. The van der Waals surface area contributed by atoms with Gasteiger partial charge in [-0.2, -0.15) is 0 Å². The minimum absolute atomic E-state index is 0.0395. The number of carbonyl (C=O) groups excluding carboxylic acids is 1. The molecule has 22 heavy (non-hydrogen) atoms. The molecule has 0 N–H and O–H groups in total. The lowest BCUT2D eigenvalue weighted by Crippen LogP contribution is -2.38. The van der Waals surface area contributed by atoms with E-state index in [1.807, 2.05) is 12.1 Å². The van der Waals surface area contributed by atoms with Gasteiger partial charge in [-0.3, -0.25) is 4.79 Å².